The smallest absolute Gasteiger partial charge is 0.324 e. The van der Waals surface area contributed by atoms with Crippen LogP contribution in [0, 0.1) is 0 Å². The van der Waals surface area contributed by atoms with Gasteiger partial charge in [-0.15, -0.1) is 0 Å². The van der Waals surface area contributed by atoms with Crippen LogP contribution in [-0.2, 0) is 9.09 Å². The minimum absolute atomic E-state index is 0.251. The van der Waals surface area contributed by atoms with Crippen molar-refractivity contribution in [2.24, 2.45) is 5.73 Å². The van der Waals surface area contributed by atoms with Crippen molar-refractivity contribution in [1.29, 1.82) is 0 Å². The van der Waals surface area contributed by atoms with Crippen LogP contribution < -0.4 is 5.73 Å². The first-order valence-electron chi connectivity index (χ1n) is 7.36. The molecule has 5 heteroatoms. The van der Waals surface area contributed by atoms with Crippen LogP contribution in [0.15, 0.2) is 0 Å². The molecule has 0 radical (unpaired) electrons. The Morgan fingerprint density at radius 3 is 1.89 bits per heavy atom. The summed E-state index contributed by atoms with van der Waals surface area (Å²) in [5, 5.41) is 0. The van der Waals surface area contributed by atoms with Gasteiger partial charge in [-0.3, -0.25) is 9.09 Å². The van der Waals surface area contributed by atoms with E-state index in [-0.39, 0.29) is 6.16 Å². The molecule has 0 aliphatic carbocycles. The van der Waals surface area contributed by atoms with Crippen molar-refractivity contribution < 1.29 is 14.0 Å². The van der Waals surface area contributed by atoms with Crippen molar-refractivity contribution in [1.82, 2.24) is 0 Å². The molecule has 1 rings (SSSR count). The van der Waals surface area contributed by atoms with Crippen LogP contribution in [-0.4, -0.2) is 17.3 Å². The molecule has 18 heavy (non-hydrogen) atoms. The lowest BCUT2D eigenvalue weighted by atomic mass is 10.1. The number of nitrogens with two attached hydrogens (primary N) is 1. The van der Waals surface area contributed by atoms with E-state index in [1.807, 2.05) is 0 Å². The van der Waals surface area contributed by atoms with Crippen molar-refractivity contribution in [3.63, 3.8) is 0 Å². The predicted molar refractivity (Wildman–Crippen MR) is 74.5 cm³/mol. The van der Waals surface area contributed by atoms with Gasteiger partial charge in [-0.2, -0.15) is 0 Å². The average Bonchev–Trinajstić information content (AvgIpc) is 2.29. The topological polar surface area (TPSA) is 72.6 Å². The largest absolute Gasteiger partial charge is 0.329 e. The first-order chi connectivity index (χ1) is 8.60. The molecule has 1 saturated heterocycles. The first-order valence-corrected chi connectivity index (χ1v) is 9.12. The van der Waals surface area contributed by atoms with Crippen LogP contribution in [0.1, 0.15) is 70.6 Å². The molecule has 1 heterocycles. The van der Waals surface area contributed by atoms with E-state index in [2.05, 4.69) is 0 Å². The van der Waals surface area contributed by atoms with E-state index in [0.29, 0.717) is 6.42 Å². The lowest BCUT2D eigenvalue weighted by Crippen LogP contribution is -2.22. The zero-order chi connectivity index (χ0) is 13.3. The molecule has 0 bridgehead atoms. The summed E-state index contributed by atoms with van der Waals surface area (Å²) in [4.78, 5) is 9.66. The Kier molecular flexibility index (Phi) is 8.16. The van der Waals surface area contributed by atoms with E-state index in [1.54, 1.807) is 0 Å². The van der Waals surface area contributed by atoms with Crippen molar-refractivity contribution in [3.8, 4) is 0 Å². The minimum Gasteiger partial charge on any atom is -0.324 e. The number of hydrogen-bond acceptors (Lipinski definition) is 3. The standard InChI is InChI=1S/C13H28NO3P/c14-13-11-9-7-5-3-1-2-4-6-8-10-12-18(15,16)17-13/h13H,1-12,14H2,(H,15,16). The Balaban J connectivity index is 2.35. The van der Waals surface area contributed by atoms with Crippen LogP contribution in [0.25, 0.3) is 0 Å². The molecular formula is C13H28NO3P. The van der Waals surface area contributed by atoms with Gasteiger partial charge in [0.25, 0.3) is 0 Å². The van der Waals surface area contributed by atoms with Gasteiger partial charge in [0.05, 0.1) is 6.16 Å². The maximum absolute atomic E-state index is 11.8. The summed E-state index contributed by atoms with van der Waals surface area (Å²) in [6.45, 7) is 0. The normalized spacial score (nSPS) is 34.4. The molecule has 0 saturated carbocycles. The van der Waals surface area contributed by atoms with Gasteiger partial charge in [0.15, 0.2) is 0 Å². The maximum Gasteiger partial charge on any atom is 0.329 e. The molecule has 2 atom stereocenters. The molecule has 1 aliphatic rings. The molecule has 2 unspecified atom stereocenters. The first kappa shape index (κ1) is 16.2. The monoisotopic (exact) mass is 277 g/mol. The highest BCUT2D eigenvalue weighted by atomic mass is 31.2. The molecule has 0 aromatic rings. The summed E-state index contributed by atoms with van der Waals surface area (Å²) in [6, 6.07) is 0. The van der Waals surface area contributed by atoms with Crippen molar-refractivity contribution in [3.05, 3.63) is 0 Å². The van der Waals surface area contributed by atoms with Crippen LogP contribution in [0.3, 0.4) is 0 Å². The Bertz CT molecular complexity index is 261. The van der Waals surface area contributed by atoms with E-state index < -0.39 is 13.8 Å². The summed E-state index contributed by atoms with van der Waals surface area (Å²) in [6.07, 6.45) is 11.8. The molecule has 0 spiro atoms. The zero-order valence-corrected chi connectivity index (χ0v) is 12.2. The Morgan fingerprint density at radius 2 is 1.33 bits per heavy atom. The zero-order valence-electron chi connectivity index (χ0n) is 11.4. The third-order valence-electron chi connectivity index (χ3n) is 3.48. The van der Waals surface area contributed by atoms with Gasteiger partial charge in [-0.25, -0.2) is 0 Å². The van der Waals surface area contributed by atoms with Gasteiger partial charge < -0.3 is 10.6 Å². The summed E-state index contributed by atoms with van der Waals surface area (Å²) in [5.41, 5.74) is 5.74. The van der Waals surface area contributed by atoms with Crippen molar-refractivity contribution in [2.45, 2.75) is 76.9 Å². The lowest BCUT2D eigenvalue weighted by molar-refractivity contribution is 0.167. The van der Waals surface area contributed by atoms with Crippen LogP contribution in [0.2, 0.25) is 0 Å². The summed E-state index contributed by atoms with van der Waals surface area (Å²) in [5.74, 6) is 0. The van der Waals surface area contributed by atoms with E-state index in [4.69, 9.17) is 10.3 Å². The van der Waals surface area contributed by atoms with E-state index in [1.165, 1.54) is 32.1 Å². The molecular weight excluding hydrogens is 249 g/mol. The van der Waals surface area contributed by atoms with Crippen molar-refractivity contribution >= 4 is 7.60 Å². The molecule has 108 valence electrons. The van der Waals surface area contributed by atoms with Gasteiger partial charge >= 0.3 is 7.60 Å². The second-order valence-corrected chi connectivity index (χ2v) is 7.26. The average molecular weight is 277 g/mol. The highest BCUT2D eigenvalue weighted by Gasteiger charge is 2.22. The van der Waals surface area contributed by atoms with E-state index in [0.717, 1.165) is 32.1 Å². The summed E-state index contributed by atoms with van der Waals surface area (Å²) < 4.78 is 16.9. The fourth-order valence-corrected chi connectivity index (χ4v) is 3.65. The molecule has 0 aromatic carbocycles. The molecule has 0 aromatic heterocycles. The van der Waals surface area contributed by atoms with Crippen LogP contribution in [0.5, 0.6) is 0 Å². The van der Waals surface area contributed by atoms with Crippen LogP contribution in [0.4, 0.5) is 0 Å². The highest BCUT2D eigenvalue weighted by molar-refractivity contribution is 7.52. The number of hydrogen-bond donors (Lipinski definition) is 2. The Hall–Kier alpha value is 0.110. The maximum atomic E-state index is 11.8. The quantitative estimate of drug-likeness (QED) is 0.661. The SMILES string of the molecule is NC1CCCCCCCCCCCCP(=O)(O)O1. The van der Waals surface area contributed by atoms with E-state index >= 15 is 0 Å². The fraction of sp³-hybridized carbons (Fsp3) is 1.00. The van der Waals surface area contributed by atoms with Gasteiger partial charge in [-0.1, -0.05) is 51.4 Å². The fourth-order valence-electron chi connectivity index (χ4n) is 2.39. The second-order valence-electron chi connectivity index (χ2n) is 5.33. The predicted octanol–water partition coefficient (Wildman–Crippen LogP) is 3.78. The van der Waals surface area contributed by atoms with Gasteiger partial charge in [0, 0.05) is 0 Å². The third-order valence-corrected chi connectivity index (χ3v) is 4.96. The van der Waals surface area contributed by atoms with E-state index in [9.17, 15) is 9.46 Å². The summed E-state index contributed by atoms with van der Waals surface area (Å²) in [7, 11) is -3.46. The third kappa shape index (κ3) is 8.25. The highest BCUT2D eigenvalue weighted by Crippen LogP contribution is 2.44. The Labute approximate surface area is 111 Å². The van der Waals surface area contributed by atoms with Gasteiger partial charge in [0.2, 0.25) is 0 Å². The van der Waals surface area contributed by atoms with Crippen molar-refractivity contribution in [2.75, 3.05) is 6.16 Å². The molecule has 0 amide bonds. The van der Waals surface area contributed by atoms with Gasteiger partial charge in [-0.05, 0) is 19.3 Å². The summed E-state index contributed by atoms with van der Waals surface area (Å²) >= 11 is 0. The van der Waals surface area contributed by atoms with Gasteiger partial charge in [0.1, 0.15) is 6.23 Å². The molecule has 1 fully saturated rings. The van der Waals surface area contributed by atoms with Crippen LogP contribution >= 0.6 is 7.60 Å². The second kappa shape index (κ2) is 9.08. The number of rotatable bonds is 0. The Morgan fingerprint density at radius 1 is 0.889 bits per heavy atom. The lowest BCUT2D eigenvalue weighted by Gasteiger charge is -2.17. The molecule has 3 N–H and O–H groups in total. The minimum atomic E-state index is -3.46. The molecule has 4 nitrogen and oxygen atoms in total. The molecule has 1 aliphatic heterocycles.